The molecule has 2 aliphatic carbocycles. The molecule has 8 nitrogen and oxygen atoms in total. The molecule has 0 aliphatic heterocycles. The van der Waals surface area contributed by atoms with E-state index >= 15 is 0 Å². The van der Waals surface area contributed by atoms with Gasteiger partial charge >= 0.3 is 0 Å². The number of nitrogens with zero attached hydrogens (tertiary/aromatic N) is 4. The Morgan fingerprint density at radius 1 is 1.22 bits per heavy atom. The van der Waals surface area contributed by atoms with Gasteiger partial charge in [0.15, 0.2) is 11.4 Å². The van der Waals surface area contributed by atoms with Crippen LogP contribution in [0, 0.1) is 17.2 Å². The zero-order valence-corrected chi connectivity index (χ0v) is 21.1. The molecule has 37 heavy (non-hydrogen) atoms. The maximum absolute atomic E-state index is 13.4. The van der Waals surface area contributed by atoms with Crippen LogP contribution in [0.25, 0.3) is 11.8 Å². The van der Waals surface area contributed by atoms with Crippen molar-refractivity contribution in [1.82, 2.24) is 25.1 Å². The van der Waals surface area contributed by atoms with E-state index in [1.807, 2.05) is 10.9 Å². The zero-order valence-electron chi connectivity index (χ0n) is 21.1. The molecule has 0 spiro atoms. The van der Waals surface area contributed by atoms with Crippen LogP contribution in [0.3, 0.4) is 0 Å². The lowest BCUT2D eigenvalue weighted by Gasteiger charge is -2.37. The summed E-state index contributed by atoms with van der Waals surface area (Å²) in [5.41, 5.74) is 9.66. The van der Waals surface area contributed by atoms with Gasteiger partial charge in [-0.05, 0) is 79.3 Å². The number of carbonyl (C=O) groups excluding carboxylic acids is 2. The summed E-state index contributed by atoms with van der Waals surface area (Å²) in [7, 11) is 0. The average Bonchev–Trinajstić information content (AvgIpc) is 3.42. The highest BCUT2D eigenvalue weighted by atomic mass is 19.1. The first-order chi connectivity index (χ1) is 17.8. The van der Waals surface area contributed by atoms with Crippen LogP contribution in [-0.4, -0.2) is 37.6 Å². The number of rotatable bonds is 8. The lowest BCUT2D eigenvalue weighted by molar-refractivity contribution is 0.0901. The van der Waals surface area contributed by atoms with Crippen LogP contribution in [0.5, 0.6) is 0 Å². The van der Waals surface area contributed by atoms with Gasteiger partial charge in [0.2, 0.25) is 0 Å². The number of halogens is 1. The highest BCUT2D eigenvalue weighted by molar-refractivity contribution is 6.04. The molecule has 2 amide bonds. The van der Waals surface area contributed by atoms with E-state index in [4.69, 9.17) is 5.73 Å². The van der Waals surface area contributed by atoms with Crippen LogP contribution in [0.1, 0.15) is 78.2 Å². The Hall–Kier alpha value is -3.88. The van der Waals surface area contributed by atoms with E-state index in [0.717, 1.165) is 49.9 Å². The van der Waals surface area contributed by atoms with Crippen molar-refractivity contribution in [2.75, 3.05) is 0 Å². The molecule has 1 saturated carbocycles. The van der Waals surface area contributed by atoms with Crippen LogP contribution in [0.4, 0.5) is 4.39 Å². The molecule has 0 saturated heterocycles. The van der Waals surface area contributed by atoms with Crippen molar-refractivity contribution in [3.8, 4) is 5.69 Å². The molecule has 3 aromatic rings. The number of carbonyl (C=O) groups is 2. The molecule has 3 unspecified atom stereocenters. The van der Waals surface area contributed by atoms with Crippen molar-refractivity contribution in [2.45, 2.75) is 58.4 Å². The van der Waals surface area contributed by atoms with Crippen molar-refractivity contribution < 1.29 is 14.0 Å². The maximum Gasteiger partial charge on any atom is 0.272 e. The van der Waals surface area contributed by atoms with Gasteiger partial charge in [0, 0.05) is 18.4 Å². The number of primary amides is 1. The van der Waals surface area contributed by atoms with Gasteiger partial charge in [-0.15, -0.1) is 0 Å². The van der Waals surface area contributed by atoms with Gasteiger partial charge in [-0.1, -0.05) is 25.8 Å². The average molecular weight is 503 g/mol. The lowest BCUT2D eigenvalue weighted by Crippen LogP contribution is -2.40. The summed E-state index contributed by atoms with van der Waals surface area (Å²) in [5.74, 6) is -1.10. The molecule has 1 fully saturated rings. The molecule has 192 valence electrons. The smallest absolute Gasteiger partial charge is 0.272 e. The van der Waals surface area contributed by atoms with Gasteiger partial charge < -0.3 is 11.1 Å². The van der Waals surface area contributed by atoms with Crippen molar-refractivity contribution in [3.63, 3.8) is 0 Å². The summed E-state index contributed by atoms with van der Waals surface area (Å²) in [6, 6.07) is 6.32. The fourth-order valence-corrected chi connectivity index (χ4v) is 5.98. The molecule has 5 rings (SSSR count). The largest absolute Gasteiger partial charge is 0.364 e. The molecule has 3 N–H and O–H groups in total. The minimum atomic E-state index is -0.775. The van der Waals surface area contributed by atoms with E-state index in [9.17, 15) is 14.0 Å². The van der Waals surface area contributed by atoms with Crippen molar-refractivity contribution in [3.05, 3.63) is 76.9 Å². The molecule has 2 aromatic heterocycles. The van der Waals surface area contributed by atoms with Crippen LogP contribution in [-0.2, 0) is 6.42 Å². The SMILES string of the molecule is CCCC(CC1CCC2=Cc3c(cnn3-c3ccc(F)cc3)CC21C)NC(=O)c1nccnc1C(N)=O. The van der Waals surface area contributed by atoms with Crippen LogP contribution < -0.4 is 11.1 Å². The number of hydrogen-bond acceptors (Lipinski definition) is 5. The lowest BCUT2D eigenvalue weighted by atomic mass is 9.68. The monoisotopic (exact) mass is 502 g/mol. The summed E-state index contributed by atoms with van der Waals surface area (Å²) in [6.45, 7) is 4.40. The first-order valence-electron chi connectivity index (χ1n) is 12.8. The van der Waals surface area contributed by atoms with E-state index in [2.05, 4.69) is 40.3 Å². The Kier molecular flexibility index (Phi) is 6.62. The van der Waals surface area contributed by atoms with Gasteiger partial charge in [0.25, 0.3) is 11.8 Å². The third-order valence-corrected chi connectivity index (χ3v) is 7.91. The highest BCUT2D eigenvalue weighted by Gasteiger charge is 2.46. The molecule has 9 heteroatoms. The molecule has 0 radical (unpaired) electrons. The Labute approximate surface area is 215 Å². The Morgan fingerprint density at radius 2 is 1.95 bits per heavy atom. The first kappa shape index (κ1) is 24.8. The second-order valence-electron chi connectivity index (χ2n) is 10.3. The Balaban J connectivity index is 1.35. The summed E-state index contributed by atoms with van der Waals surface area (Å²) in [6.07, 6.45) is 12.3. The molecular formula is C28H31FN6O2. The summed E-state index contributed by atoms with van der Waals surface area (Å²) in [4.78, 5) is 32.8. The van der Waals surface area contributed by atoms with E-state index < -0.39 is 11.8 Å². The van der Waals surface area contributed by atoms with Crippen LogP contribution >= 0.6 is 0 Å². The quantitative estimate of drug-likeness (QED) is 0.478. The zero-order chi connectivity index (χ0) is 26.2. The van der Waals surface area contributed by atoms with Gasteiger partial charge in [-0.25, -0.2) is 19.0 Å². The number of fused-ring (bicyclic) bond motifs is 2. The number of aromatic nitrogens is 4. The second kappa shape index (κ2) is 9.88. The predicted molar refractivity (Wildman–Crippen MR) is 137 cm³/mol. The van der Waals surface area contributed by atoms with E-state index in [1.165, 1.54) is 35.7 Å². The minimum Gasteiger partial charge on any atom is -0.364 e. The van der Waals surface area contributed by atoms with E-state index in [1.54, 1.807) is 12.1 Å². The topological polar surface area (TPSA) is 116 Å². The molecule has 3 atom stereocenters. The third-order valence-electron chi connectivity index (χ3n) is 7.91. The van der Waals surface area contributed by atoms with E-state index in [0.29, 0.717) is 5.92 Å². The van der Waals surface area contributed by atoms with Gasteiger partial charge in [0.05, 0.1) is 17.6 Å². The van der Waals surface area contributed by atoms with Crippen LogP contribution in [0.15, 0.2) is 48.4 Å². The van der Waals surface area contributed by atoms with Gasteiger partial charge in [0.1, 0.15) is 5.82 Å². The second-order valence-corrected chi connectivity index (χ2v) is 10.3. The number of amides is 2. The predicted octanol–water partition coefficient (Wildman–Crippen LogP) is 4.24. The molecule has 2 heterocycles. The minimum absolute atomic E-state index is 0.0364. The highest BCUT2D eigenvalue weighted by Crippen LogP contribution is 2.54. The van der Waals surface area contributed by atoms with Crippen molar-refractivity contribution in [1.29, 1.82) is 0 Å². The summed E-state index contributed by atoms with van der Waals surface area (Å²) >= 11 is 0. The third kappa shape index (κ3) is 4.65. The fourth-order valence-electron chi connectivity index (χ4n) is 5.98. The fraction of sp³-hybridized carbons (Fsp3) is 0.393. The first-order valence-corrected chi connectivity index (χ1v) is 12.8. The molecular weight excluding hydrogens is 471 g/mol. The Morgan fingerprint density at radius 3 is 2.65 bits per heavy atom. The van der Waals surface area contributed by atoms with Gasteiger partial charge in [-0.3, -0.25) is 9.59 Å². The summed E-state index contributed by atoms with van der Waals surface area (Å²) < 4.78 is 15.3. The van der Waals surface area contributed by atoms with Crippen LogP contribution in [0.2, 0.25) is 0 Å². The van der Waals surface area contributed by atoms with Crippen molar-refractivity contribution in [2.24, 2.45) is 17.1 Å². The summed E-state index contributed by atoms with van der Waals surface area (Å²) in [5, 5.41) is 7.71. The van der Waals surface area contributed by atoms with Crippen molar-refractivity contribution >= 4 is 17.9 Å². The number of hydrogen-bond donors (Lipinski definition) is 2. The Bertz CT molecular complexity index is 1370. The van der Waals surface area contributed by atoms with E-state index in [-0.39, 0.29) is 28.7 Å². The number of nitrogens with one attached hydrogen (secondary N) is 1. The van der Waals surface area contributed by atoms with Gasteiger partial charge in [-0.2, -0.15) is 5.10 Å². The normalized spacial score (nSPS) is 21.1. The molecule has 0 bridgehead atoms. The number of allylic oxidation sites excluding steroid dienone is 1. The molecule has 1 aromatic carbocycles. The maximum atomic E-state index is 13.4. The molecule has 2 aliphatic rings. The number of nitrogens with two attached hydrogens (primary N) is 1. The number of benzene rings is 1. The standard InChI is InChI=1S/C28H31FN6O2/c1-3-4-21(34-27(37)25-24(26(30)36)31-11-12-32-25)13-18-5-6-19-14-23-17(15-28(18,19)2)16-33-35(23)22-9-7-20(29)8-10-22/h7-12,14,16,18,21H,3-6,13,15H2,1-2H3,(H2,30,36)(H,34,37).